The molecule has 4 heteroatoms. The molecule has 0 aromatic heterocycles. The first-order valence-electron chi connectivity index (χ1n) is 8.12. The largest absolute Gasteiger partial charge is 0.480 e. The molecule has 0 aromatic carbocycles. The zero-order valence-electron chi connectivity index (χ0n) is 13.6. The molecule has 1 rings (SSSR count). The van der Waals surface area contributed by atoms with Crippen molar-refractivity contribution in [1.29, 1.82) is 0 Å². The molecule has 1 aliphatic rings. The van der Waals surface area contributed by atoms with Gasteiger partial charge in [0.1, 0.15) is 5.54 Å². The fourth-order valence-corrected chi connectivity index (χ4v) is 3.53. The predicted molar refractivity (Wildman–Crippen MR) is 82.7 cm³/mol. The predicted octanol–water partition coefficient (Wildman–Crippen LogP) is 2.86. The van der Waals surface area contributed by atoms with Crippen LogP contribution in [0.4, 0.5) is 0 Å². The van der Waals surface area contributed by atoms with Crippen LogP contribution < -0.4 is 5.73 Å². The number of carbonyl (C=O) groups is 1. The molecule has 0 amide bonds. The maximum atomic E-state index is 11.4. The van der Waals surface area contributed by atoms with Crippen LogP contribution >= 0.6 is 0 Å². The monoisotopic (exact) mass is 284 g/mol. The first-order valence-corrected chi connectivity index (χ1v) is 8.12. The summed E-state index contributed by atoms with van der Waals surface area (Å²) in [6.45, 7) is 9.93. The molecule has 2 atom stereocenters. The van der Waals surface area contributed by atoms with E-state index in [4.69, 9.17) is 5.73 Å². The summed E-state index contributed by atoms with van der Waals surface area (Å²) in [5.41, 5.74) is 5.09. The van der Waals surface area contributed by atoms with Crippen molar-refractivity contribution in [3.05, 3.63) is 0 Å². The summed E-state index contributed by atoms with van der Waals surface area (Å²) in [5, 5.41) is 9.39. The Hall–Kier alpha value is -0.610. The van der Waals surface area contributed by atoms with Gasteiger partial charge < -0.3 is 10.8 Å². The summed E-state index contributed by atoms with van der Waals surface area (Å²) in [6, 6.07) is 0.857. The Labute approximate surface area is 123 Å². The normalized spacial score (nSPS) is 27.5. The fraction of sp³-hybridized carbons (Fsp3) is 0.938. The number of hydrogen-bond acceptors (Lipinski definition) is 3. The van der Waals surface area contributed by atoms with Crippen LogP contribution in [-0.2, 0) is 4.79 Å². The van der Waals surface area contributed by atoms with Gasteiger partial charge in [-0.2, -0.15) is 0 Å². The molecule has 2 unspecified atom stereocenters. The Morgan fingerprint density at radius 2 is 2.00 bits per heavy atom. The highest BCUT2D eigenvalue weighted by atomic mass is 16.4. The Balaban J connectivity index is 2.87. The van der Waals surface area contributed by atoms with Gasteiger partial charge in [-0.15, -0.1) is 0 Å². The van der Waals surface area contributed by atoms with E-state index in [-0.39, 0.29) is 0 Å². The van der Waals surface area contributed by atoms with Crippen molar-refractivity contribution >= 4 is 5.97 Å². The van der Waals surface area contributed by atoms with Crippen molar-refractivity contribution in [2.45, 2.75) is 83.8 Å². The summed E-state index contributed by atoms with van der Waals surface area (Å²) < 4.78 is 0. The zero-order valence-corrected chi connectivity index (χ0v) is 13.6. The standard InChI is InChI=1S/C16H32N2O2/c1-5-13(6-2)18(11-12(3)4)14-8-7-9-16(17,10-14)15(19)20/h12-14H,5-11,17H2,1-4H3,(H,19,20). The van der Waals surface area contributed by atoms with E-state index in [0.29, 0.717) is 30.8 Å². The molecule has 0 bridgehead atoms. The van der Waals surface area contributed by atoms with Gasteiger partial charge in [-0.3, -0.25) is 9.69 Å². The number of nitrogens with two attached hydrogens (primary N) is 1. The summed E-state index contributed by atoms with van der Waals surface area (Å²) in [6.07, 6.45) is 5.43. The number of aliphatic carboxylic acids is 1. The zero-order chi connectivity index (χ0) is 15.3. The van der Waals surface area contributed by atoms with Gasteiger partial charge in [-0.1, -0.05) is 27.7 Å². The first kappa shape index (κ1) is 17.4. The highest BCUT2D eigenvalue weighted by Gasteiger charge is 2.42. The Kier molecular flexibility index (Phi) is 6.46. The minimum Gasteiger partial charge on any atom is -0.480 e. The highest BCUT2D eigenvalue weighted by Crippen LogP contribution is 2.32. The molecule has 0 aliphatic heterocycles. The van der Waals surface area contributed by atoms with Gasteiger partial charge in [0.05, 0.1) is 0 Å². The molecular weight excluding hydrogens is 252 g/mol. The number of carboxylic acids is 1. The van der Waals surface area contributed by atoms with Crippen molar-refractivity contribution in [2.75, 3.05) is 6.54 Å². The third-order valence-corrected chi connectivity index (χ3v) is 4.64. The van der Waals surface area contributed by atoms with Crippen LogP contribution in [0.15, 0.2) is 0 Å². The lowest BCUT2D eigenvalue weighted by Gasteiger charge is -2.44. The average molecular weight is 284 g/mol. The van der Waals surface area contributed by atoms with E-state index >= 15 is 0 Å². The fourth-order valence-electron chi connectivity index (χ4n) is 3.53. The molecule has 0 heterocycles. The first-order chi connectivity index (χ1) is 9.34. The van der Waals surface area contributed by atoms with E-state index < -0.39 is 11.5 Å². The molecule has 0 spiro atoms. The molecule has 0 aromatic rings. The minimum atomic E-state index is -1.02. The van der Waals surface area contributed by atoms with Crippen molar-refractivity contribution in [3.63, 3.8) is 0 Å². The van der Waals surface area contributed by atoms with Gasteiger partial charge in [-0.05, 0) is 44.4 Å². The lowest BCUT2D eigenvalue weighted by Crippen LogP contribution is -2.57. The highest BCUT2D eigenvalue weighted by molar-refractivity contribution is 5.78. The number of carboxylic acid groups (broad SMARTS) is 1. The van der Waals surface area contributed by atoms with Gasteiger partial charge in [0.25, 0.3) is 0 Å². The molecule has 0 saturated heterocycles. The second kappa shape index (κ2) is 7.41. The lowest BCUT2D eigenvalue weighted by molar-refractivity contribution is -0.145. The smallest absolute Gasteiger partial charge is 0.323 e. The number of hydrogen-bond donors (Lipinski definition) is 2. The van der Waals surface area contributed by atoms with Crippen molar-refractivity contribution in [3.8, 4) is 0 Å². The van der Waals surface area contributed by atoms with Crippen LogP contribution in [0.25, 0.3) is 0 Å². The van der Waals surface area contributed by atoms with Crippen LogP contribution in [0.3, 0.4) is 0 Å². The number of nitrogens with zero attached hydrogens (tertiary/aromatic N) is 1. The van der Waals surface area contributed by atoms with E-state index in [9.17, 15) is 9.90 Å². The van der Waals surface area contributed by atoms with E-state index in [1.807, 2.05) is 0 Å². The van der Waals surface area contributed by atoms with E-state index in [1.54, 1.807) is 0 Å². The molecule has 1 fully saturated rings. The lowest BCUT2D eigenvalue weighted by atomic mass is 9.78. The Morgan fingerprint density at radius 3 is 2.45 bits per heavy atom. The minimum absolute atomic E-state index is 0.317. The summed E-state index contributed by atoms with van der Waals surface area (Å²) in [5.74, 6) is -0.245. The molecule has 1 aliphatic carbocycles. The van der Waals surface area contributed by atoms with Crippen molar-refractivity contribution in [2.24, 2.45) is 11.7 Å². The second-order valence-electron chi connectivity index (χ2n) is 6.77. The van der Waals surface area contributed by atoms with E-state index in [1.165, 1.54) is 0 Å². The van der Waals surface area contributed by atoms with Crippen molar-refractivity contribution in [1.82, 2.24) is 4.90 Å². The quantitative estimate of drug-likeness (QED) is 0.754. The average Bonchev–Trinajstić information content (AvgIpc) is 2.38. The molecule has 118 valence electrons. The van der Waals surface area contributed by atoms with Gasteiger partial charge >= 0.3 is 5.97 Å². The maximum absolute atomic E-state index is 11.4. The Morgan fingerprint density at radius 1 is 1.40 bits per heavy atom. The van der Waals surface area contributed by atoms with Gasteiger partial charge in [0, 0.05) is 18.6 Å². The van der Waals surface area contributed by atoms with Crippen LogP contribution in [0, 0.1) is 5.92 Å². The van der Waals surface area contributed by atoms with Crippen LogP contribution in [0.2, 0.25) is 0 Å². The molecular formula is C16H32N2O2. The summed E-state index contributed by atoms with van der Waals surface area (Å²) in [7, 11) is 0. The second-order valence-corrected chi connectivity index (χ2v) is 6.77. The summed E-state index contributed by atoms with van der Waals surface area (Å²) in [4.78, 5) is 14.0. The number of rotatable bonds is 7. The van der Waals surface area contributed by atoms with E-state index in [0.717, 1.165) is 32.2 Å². The van der Waals surface area contributed by atoms with Crippen molar-refractivity contribution < 1.29 is 9.90 Å². The molecule has 1 saturated carbocycles. The third kappa shape index (κ3) is 4.19. The summed E-state index contributed by atoms with van der Waals surface area (Å²) >= 11 is 0. The van der Waals surface area contributed by atoms with Gasteiger partial charge in [-0.25, -0.2) is 0 Å². The van der Waals surface area contributed by atoms with Crippen LogP contribution in [-0.4, -0.2) is 40.1 Å². The molecule has 3 N–H and O–H groups in total. The van der Waals surface area contributed by atoms with E-state index in [2.05, 4.69) is 32.6 Å². The van der Waals surface area contributed by atoms with Crippen LogP contribution in [0.1, 0.15) is 66.2 Å². The SMILES string of the molecule is CCC(CC)N(CC(C)C)C1CCCC(N)(C(=O)O)C1. The third-order valence-electron chi connectivity index (χ3n) is 4.64. The van der Waals surface area contributed by atoms with Crippen LogP contribution in [0.5, 0.6) is 0 Å². The molecule has 0 radical (unpaired) electrons. The maximum Gasteiger partial charge on any atom is 0.323 e. The van der Waals surface area contributed by atoms with Gasteiger partial charge in [0.15, 0.2) is 0 Å². The topological polar surface area (TPSA) is 66.6 Å². The molecule has 20 heavy (non-hydrogen) atoms. The molecule has 4 nitrogen and oxygen atoms in total. The van der Waals surface area contributed by atoms with Gasteiger partial charge in [0.2, 0.25) is 0 Å². The Bertz CT molecular complexity index is 316.